The number of rotatable bonds is 3. The summed E-state index contributed by atoms with van der Waals surface area (Å²) in [5, 5.41) is 2.70. The van der Waals surface area contributed by atoms with E-state index in [2.05, 4.69) is 0 Å². The van der Waals surface area contributed by atoms with Gasteiger partial charge >= 0.3 is 0 Å². The van der Waals surface area contributed by atoms with Crippen molar-refractivity contribution in [3.05, 3.63) is 77.6 Å². The maximum Gasteiger partial charge on any atom is 0.173 e. The molecule has 3 nitrogen and oxygen atoms in total. The quantitative estimate of drug-likeness (QED) is 0.590. The fourth-order valence-electron chi connectivity index (χ4n) is 3.88. The van der Waals surface area contributed by atoms with Crippen LogP contribution < -0.4 is 21.8 Å². The molecular weight excluding hydrogens is 315 g/mol. The second kappa shape index (κ2) is 5.68. The highest BCUT2D eigenvalue weighted by Gasteiger charge is 2.38. The van der Waals surface area contributed by atoms with Crippen LogP contribution in [0.2, 0.25) is 0 Å². The number of aromatic nitrogens is 1. The minimum absolute atomic E-state index is 0.875. The van der Waals surface area contributed by atoms with Crippen molar-refractivity contribution in [1.82, 2.24) is 4.68 Å². The Morgan fingerprint density at radius 1 is 0.917 bits per heavy atom. The Bertz CT molecular complexity index is 886. The maximum absolute atomic E-state index is 14.5. The Morgan fingerprint density at radius 2 is 1.46 bits per heavy atom. The molecule has 24 heavy (non-hydrogen) atoms. The number of hydrogen-bond acceptors (Lipinski definition) is 2. The molecule has 0 spiro atoms. The molecule has 0 bridgehead atoms. The minimum Gasteiger partial charge on any atom is -0.339 e. The van der Waals surface area contributed by atoms with Crippen molar-refractivity contribution in [2.24, 2.45) is 0 Å². The lowest BCUT2D eigenvalue weighted by molar-refractivity contribution is 0.592. The lowest BCUT2D eigenvalue weighted by atomic mass is 10.2. The first-order valence-corrected chi connectivity index (χ1v) is 10.0. The molecule has 0 saturated heterocycles. The number of hydrogen-bond donors (Lipinski definition) is 1. The van der Waals surface area contributed by atoms with Crippen molar-refractivity contribution < 1.29 is 4.57 Å². The van der Waals surface area contributed by atoms with Crippen LogP contribution >= 0.6 is 7.14 Å². The molecule has 0 amide bonds. The third-order valence-corrected chi connectivity index (χ3v) is 8.30. The van der Waals surface area contributed by atoms with Gasteiger partial charge < -0.3 is 10.4 Å². The van der Waals surface area contributed by atoms with Crippen LogP contribution in [0.15, 0.2) is 60.7 Å². The Hall–Kier alpha value is -2.25. The summed E-state index contributed by atoms with van der Waals surface area (Å²) in [6.45, 7) is 1.99. The van der Waals surface area contributed by atoms with E-state index in [9.17, 15) is 4.57 Å². The van der Waals surface area contributed by atoms with Crippen molar-refractivity contribution in [1.29, 1.82) is 0 Å². The first-order valence-electron chi connectivity index (χ1n) is 8.34. The summed E-state index contributed by atoms with van der Waals surface area (Å²) in [6, 6.07) is 19.7. The minimum atomic E-state index is -2.94. The second-order valence-electron chi connectivity index (χ2n) is 6.36. The summed E-state index contributed by atoms with van der Waals surface area (Å²) in [5.74, 6) is 6.30. The number of nitrogen functional groups attached to an aromatic ring is 1. The Morgan fingerprint density at radius 3 is 2.00 bits per heavy atom. The second-order valence-corrected chi connectivity index (χ2v) is 9.06. The highest BCUT2D eigenvalue weighted by molar-refractivity contribution is 7.85. The summed E-state index contributed by atoms with van der Waals surface area (Å²) in [5.41, 5.74) is 3.27. The van der Waals surface area contributed by atoms with Crippen LogP contribution in [0.5, 0.6) is 0 Å². The normalized spacial score (nSPS) is 13.9. The van der Waals surface area contributed by atoms with Gasteiger partial charge in [-0.2, -0.15) is 0 Å². The van der Waals surface area contributed by atoms with Crippen molar-refractivity contribution >= 4 is 23.1 Å². The molecule has 0 aliphatic heterocycles. The van der Waals surface area contributed by atoms with Crippen molar-refractivity contribution in [3.8, 4) is 0 Å². The van der Waals surface area contributed by atoms with E-state index in [1.165, 1.54) is 5.56 Å². The van der Waals surface area contributed by atoms with Crippen LogP contribution in [-0.2, 0) is 17.4 Å². The maximum atomic E-state index is 14.5. The van der Waals surface area contributed by atoms with Gasteiger partial charge in [0.2, 0.25) is 0 Å². The summed E-state index contributed by atoms with van der Waals surface area (Å²) in [6.07, 6.45) is 3.01. The standard InChI is InChI=1S/C20H21N2OP/c1-15-20(18-13-8-14-19(18)22(15)21)24(23,16-9-4-2-5-10-16)17-11-6-3-7-12-17/h2-7,9-12H,8,13-14,21H2,1H3. The lowest BCUT2D eigenvalue weighted by Crippen LogP contribution is -2.28. The van der Waals surface area contributed by atoms with Crippen molar-refractivity contribution in [3.63, 3.8) is 0 Å². The van der Waals surface area contributed by atoms with E-state index in [1.807, 2.05) is 67.6 Å². The molecule has 0 fully saturated rings. The van der Waals surface area contributed by atoms with E-state index in [-0.39, 0.29) is 0 Å². The molecule has 0 saturated carbocycles. The topological polar surface area (TPSA) is 48.0 Å². The van der Waals surface area contributed by atoms with Crippen LogP contribution in [0.3, 0.4) is 0 Å². The molecular formula is C20H21N2OP. The smallest absolute Gasteiger partial charge is 0.173 e. The van der Waals surface area contributed by atoms with Gasteiger partial charge in [0.05, 0.1) is 0 Å². The van der Waals surface area contributed by atoms with Crippen LogP contribution in [0.25, 0.3) is 0 Å². The van der Waals surface area contributed by atoms with Crippen LogP contribution in [-0.4, -0.2) is 4.68 Å². The van der Waals surface area contributed by atoms with Gasteiger partial charge in [0.15, 0.2) is 7.14 Å². The van der Waals surface area contributed by atoms with Crippen LogP contribution in [0, 0.1) is 6.92 Å². The van der Waals surface area contributed by atoms with Crippen LogP contribution in [0.4, 0.5) is 0 Å². The van der Waals surface area contributed by atoms with E-state index < -0.39 is 7.14 Å². The molecule has 0 atom stereocenters. The molecule has 1 aromatic heterocycles. The Labute approximate surface area is 142 Å². The molecule has 1 heterocycles. The first kappa shape index (κ1) is 15.3. The summed E-state index contributed by atoms with van der Waals surface area (Å²) >= 11 is 0. The van der Waals surface area contributed by atoms with Gasteiger partial charge in [-0.05, 0) is 31.7 Å². The van der Waals surface area contributed by atoms with Gasteiger partial charge in [0.25, 0.3) is 0 Å². The van der Waals surface area contributed by atoms with Gasteiger partial charge in [-0.25, -0.2) is 0 Å². The van der Waals surface area contributed by atoms with E-state index in [1.54, 1.807) is 4.68 Å². The predicted octanol–water partition coefficient (Wildman–Crippen LogP) is 2.64. The highest BCUT2D eigenvalue weighted by atomic mass is 31.2. The molecule has 2 aromatic carbocycles. The molecule has 122 valence electrons. The fourth-order valence-corrected chi connectivity index (χ4v) is 7.07. The van der Waals surface area contributed by atoms with E-state index in [0.717, 1.165) is 46.6 Å². The van der Waals surface area contributed by atoms with Gasteiger partial charge in [-0.15, -0.1) is 0 Å². The molecule has 4 heteroatoms. The van der Waals surface area contributed by atoms with Crippen LogP contribution in [0.1, 0.15) is 23.4 Å². The zero-order valence-electron chi connectivity index (χ0n) is 13.8. The fraction of sp³-hybridized carbons (Fsp3) is 0.200. The average Bonchev–Trinajstić information content (AvgIpc) is 3.19. The predicted molar refractivity (Wildman–Crippen MR) is 101 cm³/mol. The van der Waals surface area contributed by atoms with Gasteiger partial charge in [-0.1, -0.05) is 60.7 Å². The average molecular weight is 336 g/mol. The van der Waals surface area contributed by atoms with E-state index in [4.69, 9.17) is 5.84 Å². The zero-order chi connectivity index (χ0) is 16.7. The zero-order valence-corrected chi connectivity index (χ0v) is 14.7. The van der Waals surface area contributed by atoms with Gasteiger partial charge in [0.1, 0.15) is 0 Å². The third kappa shape index (κ3) is 2.08. The molecule has 2 N–H and O–H groups in total. The lowest BCUT2D eigenvalue weighted by Gasteiger charge is -2.21. The molecule has 0 radical (unpaired) electrons. The van der Waals surface area contributed by atoms with Gasteiger partial charge in [-0.3, -0.25) is 4.68 Å². The summed E-state index contributed by atoms with van der Waals surface area (Å²) in [4.78, 5) is 0. The largest absolute Gasteiger partial charge is 0.339 e. The SMILES string of the molecule is Cc1c(P(=O)(c2ccccc2)c2ccccc2)c2c(n1N)CCC2. The number of nitrogens with zero attached hydrogens (tertiary/aromatic N) is 1. The molecule has 3 aromatic rings. The molecule has 4 rings (SSSR count). The third-order valence-electron chi connectivity index (χ3n) is 5.02. The van der Waals surface area contributed by atoms with E-state index >= 15 is 0 Å². The first-order chi connectivity index (χ1) is 11.6. The summed E-state index contributed by atoms with van der Waals surface area (Å²) in [7, 11) is -2.94. The van der Waals surface area contributed by atoms with E-state index in [0.29, 0.717) is 0 Å². The van der Waals surface area contributed by atoms with Crippen molar-refractivity contribution in [2.45, 2.75) is 26.2 Å². The molecule has 1 aliphatic rings. The number of fused-ring (bicyclic) bond motifs is 1. The molecule has 0 unspecified atom stereocenters. The van der Waals surface area contributed by atoms with Gasteiger partial charge in [0, 0.05) is 27.3 Å². The number of nitrogens with two attached hydrogens (primary N) is 1. The monoisotopic (exact) mass is 336 g/mol. The number of benzene rings is 2. The summed E-state index contributed by atoms with van der Waals surface area (Å²) < 4.78 is 16.3. The molecule has 1 aliphatic carbocycles. The Balaban J connectivity index is 2.07. The highest BCUT2D eigenvalue weighted by Crippen LogP contribution is 2.46. The van der Waals surface area contributed by atoms with Crippen molar-refractivity contribution in [2.75, 3.05) is 5.84 Å². The Kier molecular flexibility index (Phi) is 3.62.